The number of aliphatic imine (C=N–C) groups is 1. The van der Waals surface area contributed by atoms with Gasteiger partial charge in [-0.15, -0.1) is 0 Å². The van der Waals surface area contributed by atoms with E-state index in [1.54, 1.807) is 36.4 Å². The van der Waals surface area contributed by atoms with E-state index in [0.717, 1.165) is 0 Å². The Bertz CT molecular complexity index is 957. The Labute approximate surface area is 176 Å². The maximum absolute atomic E-state index is 12.1. The molecule has 8 heteroatoms. The monoisotopic (exact) mass is 405 g/mol. The molecule has 0 radical (unpaired) electrons. The van der Waals surface area contributed by atoms with Crippen LogP contribution in [0.1, 0.15) is 19.4 Å². The minimum Gasteiger partial charge on any atom is -0.385 e. The molecule has 0 unspecified atom stereocenters. The molecule has 0 heterocycles. The number of nitrogens with one attached hydrogen (secondary N) is 4. The van der Waals surface area contributed by atoms with Crippen molar-refractivity contribution in [2.45, 2.75) is 19.9 Å². The van der Waals surface area contributed by atoms with E-state index >= 15 is 0 Å². The molecule has 8 nitrogen and oxygen atoms in total. The average Bonchev–Trinajstić information content (AvgIpc) is 2.68. The Balaban J connectivity index is 2.16. The molecule has 0 aliphatic heterocycles. The second-order valence-electron chi connectivity index (χ2n) is 6.69. The molecular formula is C22H27N7O. The Kier molecular flexibility index (Phi) is 7.75. The summed E-state index contributed by atoms with van der Waals surface area (Å²) in [5.41, 5.74) is 13.9. The van der Waals surface area contributed by atoms with Gasteiger partial charge in [-0.3, -0.25) is 5.41 Å². The van der Waals surface area contributed by atoms with E-state index in [1.807, 2.05) is 32.0 Å². The minimum absolute atomic E-state index is 0.0295. The lowest BCUT2D eigenvalue weighted by Crippen LogP contribution is -2.36. The summed E-state index contributed by atoms with van der Waals surface area (Å²) in [5.74, 6) is 0.340. The number of hydrogen-bond acceptors (Lipinski definition) is 5. The molecule has 0 saturated heterocycles. The topological polar surface area (TPSA) is 141 Å². The van der Waals surface area contributed by atoms with Gasteiger partial charge in [-0.05, 0) is 38.1 Å². The quantitative estimate of drug-likeness (QED) is 0.310. The van der Waals surface area contributed by atoms with Crippen LogP contribution < -0.4 is 27.4 Å². The summed E-state index contributed by atoms with van der Waals surface area (Å²) in [4.78, 5) is 16.3. The average molecular weight is 406 g/mol. The fourth-order valence-electron chi connectivity index (χ4n) is 2.62. The lowest BCUT2D eigenvalue weighted by atomic mass is 10.0. The Morgan fingerprint density at radius 2 is 1.60 bits per heavy atom. The number of amides is 2. The number of hydrogen-bond donors (Lipinski definition) is 6. The van der Waals surface area contributed by atoms with Gasteiger partial charge in [0.2, 0.25) is 0 Å². The number of rotatable bonds is 7. The van der Waals surface area contributed by atoms with E-state index in [2.05, 4.69) is 27.5 Å². The van der Waals surface area contributed by atoms with Crippen molar-refractivity contribution in [3.63, 3.8) is 0 Å². The van der Waals surface area contributed by atoms with E-state index in [0.29, 0.717) is 22.8 Å². The van der Waals surface area contributed by atoms with Crippen LogP contribution in [0.5, 0.6) is 0 Å². The van der Waals surface area contributed by atoms with Crippen molar-refractivity contribution in [1.29, 1.82) is 5.41 Å². The van der Waals surface area contributed by atoms with Crippen molar-refractivity contribution in [1.82, 2.24) is 5.32 Å². The van der Waals surface area contributed by atoms with Crippen LogP contribution in [0.3, 0.4) is 0 Å². The maximum Gasteiger partial charge on any atom is 0.323 e. The van der Waals surface area contributed by atoms with Crippen LogP contribution in [0.25, 0.3) is 0 Å². The zero-order valence-electron chi connectivity index (χ0n) is 17.1. The van der Waals surface area contributed by atoms with Crippen molar-refractivity contribution in [3.8, 4) is 0 Å². The summed E-state index contributed by atoms with van der Waals surface area (Å²) < 4.78 is 0. The molecule has 2 aromatic rings. The third-order valence-corrected chi connectivity index (χ3v) is 3.88. The molecule has 0 fully saturated rings. The Hall–Kier alpha value is -4.07. The van der Waals surface area contributed by atoms with Gasteiger partial charge in [0, 0.05) is 29.2 Å². The summed E-state index contributed by atoms with van der Waals surface area (Å²) >= 11 is 0. The van der Waals surface area contributed by atoms with Crippen molar-refractivity contribution in [2.75, 3.05) is 10.6 Å². The van der Waals surface area contributed by atoms with Crippen LogP contribution in [-0.2, 0) is 0 Å². The molecule has 0 spiro atoms. The van der Waals surface area contributed by atoms with Crippen LogP contribution >= 0.6 is 0 Å². The van der Waals surface area contributed by atoms with E-state index in [1.165, 1.54) is 6.20 Å². The highest BCUT2D eigenvalue weighted by Crippen LogP contribution is 2.15. The third kappa shape index (κ3) is 6.23. The summed E-state index contributed by atoms with van der Waals surface area (Å²) in [5, 5.41) is 17.2. The SMILES string of the molecule is C=C/N=C(/NC(C)C)C(C(=N)c1ccc(NC(=O)Nc2ccccc2)cc1)=C(N)N. The van der Waals surface area contributed by atoms with Gasteiger partial charge in [0.05, 0.1) is 11.3 Å². The van der Waals surface area contributed by atoms with Crippen LogP contribution in [-0.4, -0.2) is 23.6 Å². The van der Waals surface area contributed by atoms with E-state index in [9.17, 15) is 4.79 Å². The third-order valence-electron chi connectivity index (χ3n) is 3.88. The number of carbonyl (C=O) groups excluding carboxylic acids is 1. The summed E-state index contributed by atoms with van der Waals surface area (Å²) in [6.07, 6.45) is 1.36. The molecule has 8 N–H and O–H groups in total. The molecule has 2 aromatic carbocycles. The van der Waals surface area contributed by atoms with Gasteiger partial charge in [-0.2, -0.15) is 0 Å². The van der Waals surface area contributed by atoms with Gasteiger partial charge >= 0.3 is 6.03 Å². The van der Waals surface area contributed by atoms with Crippen molar-refractivity contribution in [3.05, 3.63) is 84.3 Å². The lowest BCUT2D eigenvalue weighted by molar-refractivity contribution is 0.262. The lowest BCUT2D eigenvalue weighted by Gasteiger charge is -2.18. The maximum atomic E-state index is 12.1. The van der Waals surface area contributed by atoms with Gasteiger partial charge in [0.15, 0.2) is 0 Å². The highest BCUT2D eigenvalue weighted by molar-refractivity contribution is 6.29. The summed E-state index contributed by atoms with van der Waals surface area (Å²) in [7, 11) is 0. The molecule has 0 aliphatic rings. The van der Waals surface area contributed by atoms with Gasteiger partial charge < -0.3 is 27.4 Å². The first-order chi connectivity index (χ1) is 14.3. The van der Waals surface area contributed by atoms with Crippen LogP contribution in [0, 0.1) is 5.41 Å². The molecule has 0 bridgehead atoms. The molecular weight excluding hydrogens is 378 g/mol. The number of benzene rings is 2. The number of urea groups is 1. The molecule has 156 valence electrons. The largest absolute Gasteiger partial charge is 0.385 e. The number of para-hydroxylation sites is 1. The van der Waals surface area contributed by atoms with E-state index in [4.69, 9.17) is 16.9 Å². The summed E-state index contributed by atoms with van der Waals surface area (Å²) in [6, 6.07) is 15.6. The van der Waals surface area contributed by atoms with Gasteiger partial charge in [0.1, 0.15) is 11.7 Å². The second kappa shape index (κ2) is 10.5. The highest BCUT2D eigenvalue weighted by Gasteiger charge is 2.18. The molecule has 0 atom stereocenters. The molecule has 0 aliphatic carbocycles. The van der Waals surface area contributed by atoms with Crippen LogP contribution in [0.4, 0.5) is 16.2 Å². The normalized spacial score (nSPS) is 10.8. The standard InChI is InChI=1S/C22H27N7O/c1-4-26-21(27-14(2)3)18(20(24)25)19(23)15-10-12-17(13-11-15)29-22(30)28-16-8-6-5-7-9-16/h4-14,23H,1,24-25H2,2-3H3,(H,26,27)(H2,28,29,30). The smallest absolute Gasteiger partial charge is 0.323 e. The fraction of sp³-hybridized carbons (Fsp3) is 0.136. The molecule has 30 heavy (non-hydrogen) atoms. The van der Waals surface area contributed by atoms with Crippen LogP contribution in [0.15, 0.2) is 83.8 Å². The zero-order chi connectivity index (χ0) is 22.1. The number of nitrogens with two attached hydrogens (primary N) is 2. The predicted molar refractivity (Wildman–Crippen MR) is 124 cm³/mol. The van der Waals surface area contributed by atoms with Gasteiger partial charge in [-0.1, -0.05) is 36.9 Å². The first-order valence-electron chi connectivity index (χ1n) is 9.35. The number of amidine groups is 1. The molecule has 2 rings (SSSR count). The zero-order valence-corrected chi connectivity index (χ0v) is 17.1. The van der Waals surface area contributed by atoms with Gasteiger partial charge in [-0.25, -0.2) is 9.79 Å². The van der Waals surface area contributed by atoms with E-state index in [-0.39, 0.29) is 29.2 Å². The van der Waals surface area contributed by atoms with Crippen molar-refractivity contribution in [2.24, 2.45) is 16.5 Å². The van der Waals surface area contributed by atoms with E-state index < -0.39 is 0 Å². The predicted octanol–water partition coefficient (Wildman–Crippen LogP) is 3.37. The number of nitrogens with zero attached hydrogens (tertiary/aromatic N) is 1. The number of anilines is 2. The van der Waals surface area contributed by atoms with Crippen LogP contribution in [0.2, 0.25) is 0 Å². The number of carbonyl (C=O) groups is 1. The van der Waals surface area contributed by atoms with Crippen molar-refractivity contribution >= 4 is 29.0 Å². The first kappa shape index (κ1) is 22.2. The molecule has 0 aromatic heterocycles. The Morgan fingerprint density at radius 3 is 2.10 bits per heavy atom. The fourth-order valence-corrected chi connectivity index (χ4v) is 2.62. The van der Waals surface area contributed by atoms with Crippen molar-refractivity contribution < 1.29 is 4.79 Å². The summed E-state index contributed by atoms with van der Waals surface area (Å²) in [6.45, 7) is 7.48. The highest BCUT2D eigenvalue weighted by atomic mass is 16.2. The molecule has 0 saturated carbocycles. The first-order valence-corrected chi connectivity index (χ1v) is 9.35. The Morgan fingerprint density at radius 1 is 1.03 bits per heavy atom. The molecule has 2 amide bonds. The minimum atomic E-state index is -0.364. The van der Waals surface area contributed by atoms with Gasteiger partial charge in [0.25, 0.3) is 0 Å². The second-order valence-corrected chi connectivity index (χ2v) is 6.69.